The highest BCUT2D eigenvalue weighted by Gasteiger charge is 2.28. The van der Waals surface area contributed by atoms with Crippen molar-refractivity contribution in [1.82, 2.24) is 5.32 Å². The van der Waals surface area contributed by atoms with Gasteiger partial charge in [0.1, 0.15) is 6.04 Å². The molecule has 0 aromatic heterocycles. The minimum Gasteiger partial charge on any atom is -0.461 e. The molecule has 86 valence electrons. The number of ether oxygens (including phenoxy) is 1. The van der Waals surface area contributed by atoms with Crippen molar-refractivity contribution in [3.8, 4) is 0 Å². The maximum Gasteiger partial charge on any atom is 0.328 e. The summed E-state index contributed by atoms with van der Waals surface area (Å²) in [6.07, 6.45) is 2.86. The molecular formula is C11H19NO3. The highest BCUT2D eigenvalue weighted by atomic mass is 16.5. The van der Waals surface area contributed by atoms with Crippen LogP contribution in [0.25, 0.3) is 0 Å². The molecule has 0 spiro atoms. The summed E-state index contributed by atoms with van der Waals surface area (Å²) in [5, 5.41) is 2.67. The Balaban J connectivity index is 2.30. The lowest BCUT2D eigenvalue weighted by atomic mass is 9.84. The molecule has 15 heavy (non-hydrogen) atoms. The van der Waals surface area contributed by atoms with Gasteiger partial charge in [-0.3, -0.25) is 4.79 Å². The van der Waals surface area contributed by atoms with E-state index in [-0.39, 0.29) is 23.9 Å². The second kappa shape index (κ2) is 5.14. The number of carbonyl (C=O) groups excluding carboxylic acids is 2. The summed E-state index contributed by atoms with van der Waals surface area (Å²) in [6.45, 7) is 5.23. The van der Waals surface area contributed by atoms with E-state index in [2.05, 4.69) is 5.32 Å². The molecule has 0 aliphatic heterocycles. The van der Waals surface area contributed by atoms with Crippen LogP contribution in [0.4, 0.5) is 0 Å². The van der Waals surface area contributed by atoms with E-state index in [1.807, 2.05) is 0 Å². The fourth-order valence-corrected chi connectivity index (χ4v) is 1.39. The smallest absolute Gasteiger partial charge is 0.328 e. The molecule has 4 nitrogen and oxygen atoms in total. The third-order valence-electron chi connectivity index (χ3n) is 2.54. The molecule has 1 unspecified atom stereocenters. The zero-order chi connectivity index (χ0) is 11.4. The summed E-state index contributed by atoms with van der Waals surface area (Å²) < 4.78 is 4.99. The summed E-state index contributed by atoms with van der Waals surface area (Å²) in [5.41, 5.74) is 0. The SMILES string of the molecule is CC(C)OC(=O)C(C)NC(=O)C1CCC1. The molecule has 4 heteroatoms. The minimum absolute atomic E-state index is 0.0190. The summed E-state index contributed by atoms with van der Waals surface area (Å²) in [6, 6.07) is -0.541. The first-order valence-electron chi connectivity index (χ1n) is 5.51. The third kappa shape index (κ3) is 3.53. The average molecular weight is 213 g/mol. The number of hydrogen-bond acceptors (Lipinski definition) is 3. The first kappa shape index (κ1) is 12.0. The van der Waals surface area contributed by atoms with Gasteiger partial charge in [0.05, 0.1) is 6.10 Å². The molecule has 0 radical (unpaired) electrons. The summed E-state index contributed by atoms with van der Waals surface area (Å²) in [5.74, 6) is -0.272. The summed E-state index contributed by atoms with van der Waals surface area (Å²) in [7, 11) is 0. The van der Waals surface area contributed by atoms with Gasteiger partial charge in [-0.2, -0.15) is 0 Å². The Morgan fingerprint density at radius 2 is 1.87 bits per heavy atom. The lowest BCUT2D eigenvalue weighted by Crippen LogP contribution is -2.44. The molecule has 1 aliphatic carbocycles. The maximum absolute atomic E-state index is 11.5. The van der Waals surface area contributed by atoms with E-state index in [9.17, 15) is 9.59 Å². The van der Waals surface area contributed by atoms with Gasteiger partial charge in [-0.15, -0.1) is 0 Å². The van der Waals surface area contributed by atoms with Gasteiger partial charge < -0.3 is 10.1 Å². The fourth-order valence-electron chi connectivity index (χ4n) is 1.39. The van der Waals surface area contributed by atoms with Gasteiger partial charge in [-0.25, -0.2) is 4.79 Å². The average Bonchev–Trinajstić information content (AvgIpc) is 1.98. The van der Waals surface area contributed by atoms with Crippen LogP contribution < -0.4 is 5.32 Å². The standard InChI is InChI=1S/C11H19NO3/c1-7(2)15-11(14)8(3)12-10(13)9-5-4-6-9/h7-9H,4-6H2,1-3H3,(H,12,13). The minimum atomic E-state index is -0.541. The van der Waals surface area contributed by atoms with Crippen LogP contribution >= 0.6 is 0 Å². The molecule has 0 aromatic rings. The highest BCUT2D eigenvalue weighted by Crippen LogP contribution is 2.26. The van der Waals surface area contributed by atoms with Crippen molar-refractivity contribution in [2.24, 2.45) is 5.92 Å². The molecule has 1 amide bonds. The van der Waals surface area contributed by atoms with Gasteiger partial charge >= 0.3 is 5.97 Å². The zero-order valence-corrected chi connectivity index (χ0v) is 9.58. The molecular weight excluding hydrogens is 194 g/mol. The van der Waals surface area contributed by atoms with E-state index in [0.29, 0.717) is 0 Å². The van der Waals surface area contributed by atoms with Crippen LogP contribution in [0.3, 0.4) is 0 Å². The van der Waals surface area contributed by atoms with Crippen molar-refractivity contribution < 1.29 is 14.3 Å². The monoisotopic (exact) mass is 213 g/mol. The summed E-state index contributed by atoms with van der Waals surface area (Å²) in [4.78, 5) is 22.9. The number of rotatable bonds is 4. The molecule has 0 saturated heterocycles. The molecule has 1 aliphatic rings. The van der Waals surface area contributed by atoms with Crippen LogP contribution in [-0.2, 0) is 14.3 Å². The van der Waals surface area contributed by atoms with Gasteiger partial charge in [0, 0.05) is 5.92 Å². The predicted molar refractivity (Wildman–Crippen MR) is 56.2 cm³/mol. The molecule has 1 saturated carbocycles. The van der Waals surface area contributed by atoms with E-state index < -0.39 is 6.04 Å². The van der Waals surface area contributed by atoms with Crippen molar-refractivity contribution in [2.75, 3.05) is 0 Å². The third-order valence-corrected chi connectivity index (χ3v) is 2.54. The van der Waals surface area contributed by atoms with Gasteiger partial charge in [-0.1, -0.05) is 6.42 Å². The zero-order valence-electron chi connectivity index (χ0n) is 9.58. The normalized spacial score (nSPS) is 18.1. The fraction of sp³-hybridized carbons (Fsp3) is 0.818. The second-order valence-electron chi connectivity index (χ2n) is 4.34. The molecule has 1 fully saturated rings. The van der Waals surface area contributed by atoms with Gasteiger partial charge in [-0.05, 0) is 33.6 Å². The van der Waals surface area contributed by atoms with E-state index in [0.717, 1.165) is 19.3 Å². The Morgan fingerprint density at radius 1 is 1.27 bits per heavy atom. The van der Waals surface area contributed by atoms with E-state index in [4.69, 9.17) is 4.74 Å². The van der Waals surface area contributed by atoms with Crippen molar-refractivity contribution >= 4 is 11.9 Å². The van der Waals surface area contributed by atoms with E-state index in [1.54, 1.807) is 20.8 Å². The summed E-state index contributed by atoms with van der Waals surface area (Å²) >= 11 is 0. The Morgan fingerprint density at radius 3 is 2.27 bits per heavy atom. The number of hydrogen-bond donors (Lipinski definition) is 1. The van der Waals surface area contributed by atoms with Crippen LogP contribution in [0, 0.1) is 5.92 Å². The number of amides is 1. The lowest BCUT2D eigenvalue weighted by molar-refractivity contribution is -0.151. The number of carbonyl (C=O) groups is 2. The molecule has 0 bridgehead atoms. The van der Waals surface area contributed by atoms with E-state index in [1.165, 1.54) is 0 Å². The van der Waals surface area contributed by atoms with Crippen molar-refractivity contribution in [3.05, 3.63) is 0 Å². The molecule has 1 N–H and O–H groups in total. The highest BCUT2D eigenvalue weighted by molar-refractivity contribution is 5.85. The molecule has 0 aromatic carbocycles. The van der Waals surface area contributed by atoms with Gasteiger partial charge in [0.2, 0.25) is 5.91 Å². The topological polar surface area (TPSA) is 55.4 Å². The molecule has 0 heterocycles. The van der Waals surface area contributed by atoms with Crippen LogP contribution in [0.5, 0.6) is 0 Å². The van der Waals surface area contributed by atoms with Crippen molar-refractivity contribution in [3.63, 3.8) is 0 Å². The van der Waals surface area contributed by atoms with Crippen LogP contribution in [-0.4, -0.2) is 24.0 Å². The van der Waals surface area contributed by atoms with Gasteiger partial charge in [0.25, 0.3) is 0 Å². The largest absolute Gasteiger partial charge is 0.461 e. The maximum atomic E-state index is 11.5. The van der Waals surface area contributed by atoms with Crippen molar-refractivity contribution in [1.29, 1.82) is 0 Å². The lowest BCUT2D eigenvalue weighted by Gasteiger charge is -2.25. The van der Waals surface area contributed by atoms with Crippen LogP contribution in [0.2, 0.25) is 0 Å². The number of nitrogens with one attached hydrogen (secondary N) is 1. The first-order valence-corrected chi connectivity index (χ1v) is 5.51. The number of esters is 1. The first-order chi connectivity index (χ1) is 7.00. The van der Waals surface area contributed by atoms with Gasteiger partial charge in [0.15, 0.2) is 0 Å². The van der Waals surface area contributed by atoms with Crippen LogP contribution in [0.1, 0.15) is 40.0 Å². The van der Waals surface area contributed by atoms with Crippen molar-refractivity contribution in [2.45, 2.75) is 52.2 Å². The van der Waals surface area contributed by atoms with E-state index >= 15 is 0 Å². The molecule has 1 rings (SSSR count). The molecule has 1 atom stereocenters. The van der Waals surface area contributed by atoms with Crippen LogP contribution in [0.15, 0.2) is 0 Å². The Kier molecular flexibility index (Phi) is 4.12. The predicted octanol–water partition coefficient (Wildman–Crippen LogP) is 1.24. The Hall–Kier alpha value is -1.06. The Bertz CT molecular complexity index is 246. The quantitative estimate of drug-likeness (QED) is 0.715. The second-order valence-corrected chi connectivity index (χ2v) is 4.34. The Labute approximate surface area is 90.4 Å².